The van der Waals surface area contributed by atoms with Crippen LogP contribution < -0.4 is 20.1 Å². The molecule has 0 aliphatic heterocycles. The highest BCUT2D eigenvalue weighted by Gasteiger charge is 2.04. The maximum Gasteiger partial charge on any atom is 0.243 e. The van der Waals surface area contributed by atoms with Gasteiger partial charge in [-0.15, -0.1) is 0 Å². The Hall–Kier alpha value is -2.69. The Morgan fingerprint density at radius 2 is 1.39 bits per heavy atom. The van der Waals surface area contributed by atoms with Gasteiger partial charge in [0.05, 0.1) is 19.8 Å². The van der Waals surface area contributed by atoms with E-state index in [1.807, 2.05) is 48.5 Å². The second kappa shape index (κ2) is 11.2. The van der Waals surface area contributed by atoms with E-state index < -0.39 is 0 Å². The van der Waals surface area contributed by atoms with E-state index in [0.717, 1.165) is 29.3 Å². The molecule has 0 spiro atoms. The molecule has 0 aliphatic rings. The Morgan fingerprint density at radius 1 is 0.821 bits per heavy atom. The maximum absolute atomic E-state index is 12.1. The molecule has 28 heavy (non-hydrogen) atoms. The molecule has 2 rings (SSSR count). The summed E-state index contributed by atoms with van der Waals surface area (Å²) in [5, 5.41) is 5.99. The fraction of sp³-hybridized carbons (Fsp3) is 0.435. The molecular formula is C23H32N2O3. The van der Waals surface area contributed by atoms with E-state index in [9.17, 15) is 4.79 Å². The third-order valence-electron chi connectivity index (χ3n) is 3.99. The molecule has 1 amide bonds. The Bertz CT molecular complexity index is 710. The van der Waals surface area contributed by atoms with E-state index in [2.05, 4.69) is 38.3 Å². The summed E-state index contributed by atoms with van der Waals surface area (Å²) in [6.45, 7) is 10.2. The summed E-state index contributed by atoms with van der Waals surface area (Å²) in [6, 6.07) is 15.1. The van der Waals surface area contributed by atoms with Gasteiger partial charge in [-0.2, -0.15) is 0 Å². The fourth-order valence-electron chi connectivity index (χ4n) is 2.37. The van der Waals surface area contributed by atoms with Crippen molar-refractivity contribution in [3.8, 4) is 11.5 Å². The molecule has 0 bridgehead atoms. The van der Waals surface area contributed by atoms with Crippen molar-refractivity contribution in [1.82, 2.24) is 0 Å². The summed E-state index contributed by atoms with van der Waals surface area (Å²) in [5.74, 6) is 2.65. The highest BCUT2D eigenvalue weighted by Crippen LogP contribution is 2.18. The van der Waals surface area contributed by atoms with Gasteiger partial charge in [0.15, 0.2) is 0 Å². The van der Waals surface area contributed by atoms with Crippen molar-refractivity contribution >= 4 is 17.3 Å². The number of carbonyl (C=O) groups is 1. The van der Waals surface area contributed by atoms with E-state index in [1.165, 1.54) is 0 Å². The summed E-state index contributed by atoms with van der Waals surface area (Å²) in [7, 11) is 0. The topological polar surface area (TPSA) is 59.6 Å². The predicted molar refractivity (Wildman–Crippen MR) is 115 cm³/mol. The van der Waals surface area contributed by atoms with Crippen LogP contribution in [0.4, 0.5) is 11.4 Å². The normalized spacial score (nSPS) is 10.8. The van der Waals surface area contributed by atoms with E-state index in [0.29, 0.717) is 25.0 Å². The Morgan fingerprint density at radius 3 is 1.96 bits per heavy atom. The number of benzene rings is 2. The number of hydrogen-bond donors (Lipinski definition) is 2. The number of ether oxygens (including phenoxy) is 2. The van der Waals surface area contributed by atoms with Crippen molar-refractivity contribution in [2.75, 3.05) is 30.4 Å². The van der Waals surface area contributed by atoms with E-state index in [-0.39, 0.29) is 12.5 Å². The quantitative estimate of drug-likeness (QED) is 0.559. The van der Waals surface area contributed by atoms with E-state index in [1.54, 1.807) is 0 Å². The zero-order chi connectivity index (χ0) is 20.4. The highest BCUT2D eigenvalue weighted by molar-refractivity contribution is 5.93. The lowest BCUT2D eigenvalue weighted by Gasteiger charge is -2.11. The first kappa shape index (κ1) is 21.6. The number of amides is 1. The molecule has 0 radical (unpaired) electrons. The molecular weight excluding hydrogens is 352 g/mol. The molecule has 5 heteroatoms. The van der Waals surface area contributed by atoms with Crippen LogP contribution in [-0.2, 0) is 4.79 Å². The SMILES string of the molecule is CC(C)CCOc1ccc(NCC(=O)Nc2ccc(OCC(C)C)cc2)cc1. The second-order valence-electron chi connectivity index (χ2n) is 7.69. The van der Waals surface area contributed by atoms with Gasteiger partial charge in [0.1, 0.15) is 11.5 Å². The predicted octanol–water partition coefficient (Wildman–Crippen LogP) is 5.20. The van der Waals surface area contributed by atoms with Crippen LogP contribution in [-0.4, -0.2) is 25.7 Å². The molecule has 0 unspecified atom stereocenters. The lowest BCUT2D eigenvalue weighted by atomic mass is 10.1. The zero-order valence-electron chi connectivity index (χ0n) is 17.3. The largest absolute Gasteiger partial charge is 0.494 e. The molecule has 0 saturated heterocycles. The number of nitrogens with one attached hydrogen (secondary N) is 2. The lowest BCUT2D eigenvalue weighted by molar-refractivity contribution is -0.114. The van der Waals surface area contributed by atoms with Crippen LogP contribution in [0.15, 0.2) is 48.5 Å². The molecule has 0 heterocycles. The third-order valence-corrected chi connectivity index (χ3v) is 3.99. The van der Waals surface area contributed by atoms with Crippen molar-refractivity contribution in [3.63, 3.8) is 0 Å². The van der Waals surface area contributed by atoms with E-state index in [4.69, 9.17) is 9.47 Å². The van der Waals surface area contributed by atoms with Crippen molar-refractivity contribution in [2.24, 2.45) is 11.8 Å². The van der Waals surface area contributed by atoms with Crippen molar-refractivity contribution < 1.29 is 14.3 Å². The highest BCUT2D eigenvalue weighted by atomic mass is 16.5. The number of hydrogen-bond acceptors (Lipinski definition) is 4. The number of rotatable bonds is 11. The molecule has 0 aliphatic carbocycles. The first-order chi connectivity index (χ1) is 13.4. The Kier molecular flexibility index (Phi) is 8.66. The monoisotopic (exact) mass is 384 g/mol. The van der Waals surface area contributed by atoms with Gasteiger partial charge in [0, 0.05) is 11.4 Å². The van der Waals surface area contributed by atoms with Gasteiger partial charge in [-0.05, 0) is 66.8 Å². The molecule has 0 saturated carbocycles. The van der Waals surface area contributed by atoms with Gasteiger partial charge in [-0.1, -0.05) is 27.7 Å². The van der Waals surface area contributed by atoms with Gasteiger partial charge < -0.3 is 20.1 Å². The van der Waals surface area contributed by atoms with Crippen molar-refractivity contribution in [2.45, 2.75) is 34.1 Å². The van der Waals surface area contributed by atoms with Gasteiger partial charge in [-0.25, -0.2) is 0 Å². The molecule has 0 aromatic heterocycles. The number of carbonyl (C=O) groups excluding carboxylic acids is 1. The summed E-state index contributed by atoms with van der Waals surface area (Å²) in [4.78, 5) is 12.1. The van der Waals surface area contributed by atoms with Crippen LogP contribution in [0.5, 0.6) is 11.5 Å². The van der Waals surface area contributed by atoms with Crippen LogP contribution in [0.25, 0.3) is 0 Å². The molecule has 2 aromatic carbocycles. The summed E-state index contributed by atoms with van der Waals surface area (Å²) in [5.41, 5.74) is 1.63. The molecule has 0 atom stereocenters. The third kappa shape index (κ3) is 8.33. The standard InChI is InChI=1S/C23H32N2O3/c1-17(2)13-14-27-21-9-5-19(6-10-21)24-15-23(26)25-20-7-11-22(12-8-20)28-16-18(3)4/h5-12,17-18,24H,13-16H2,1-4H3,(H,25,26). The van der Waals surface area contributed by atoms with Crippen LogP contribution in [0.2, 0.25) is 0 Å². The van der Waals surface area contributed by atoms with E-state index >= 15 is 0 Å². The van der Waals surface area contributed by atoms with Gasteiger partial charge in [0.25, 0.3) is 0 Å². The van der Waals surface area contributed by atoms with Crippen LogP contribution >= 0.6 is 0 Å². The summed E-state index contributed by atoms with van der Waals surface area (Å²) < 4.78 is 11.3. The van der Waals surface area contributed by atoms with Gasteiger partial charge in [0.2, 0.25) is 5.91 Å². The first-order valence-corrected chi connectivity index (χ1v) is 9.92. The second-order valence-corrected chi connectivity index (χ2v) is 7.69. The molecule has 2 aromatic rings. The minimum absolute atomic E-state index is 0.104. The Balaban J connectivity index is 1.73. The van der Waals surface area contributed by atoms with Crippen molar-refractivity contribution in [1.29, 1.82) is 0 Å². The zero-order valence-corrected chi connectivity index (χ0v) is 17.3. The summed E-state index contributed by atoms with van der Waals surface area (Å²) >= 11 is 0. The minimum Gasteiger partial charge on any atom is -0.494 e. The average molecular weight is 385 g/mol. The lowest BCUT2D eigenvalue weighted by Crippen LogP contribution is -2.21. The maximum atomic E-state index is 12.1. The molecule has 5 nitrogen and oxygen atoms in total. The average Bonchev–Trinajstić information content (AvgIpc) is 2.66. The molecule has 2 N–H and O–H groups in total. The van der Waals surface area contributed by atoms with Crippen LogP contribution in [0.3, 0.4) is 0 Å². The first-order valence-electron chi connectivity index (χ1n) is 9.92. The smallest absolute Gasteiger partial charge is 0.243 e. The summed E-state index contributed by atoms with van der Waals surface area (Å²) in [6.07, 6.45) is 1.03. The molecule has 0 fully saturated rings. The van der Waals surface area contributed by atoms with Crippen LogP contribution in [0.1, 0.15) is 34.1 Å². The minimum atomic E-state index is -0.104. The number of anilines is 2. The van der Waals surface area contributed by atoms with Crippen LogP contribution in [0, 0.1) is 11.8 Å². The fourth-order valence-corrected chi connectivity index (χ4v) is 2.37. The molecule has 152 valence electrons. The van der Waals surface area contributed by atoms with Crippen molar-refractivity contribution in [3.05, 3.63) is 48.5 Å². The van der Waals surface area contributed by atoms with Gasteiger partial charge in [-0.3, -0.25) is 4.79 Å². The van der Waals surface area contributed by atoms with Gasteiger partial charge >= 0.3 is 0 Å². The Labute approximate surface area is 168 Å².